The van der Waals surface area contributed by atoms with Crippen molar-refractivity contribution in [1.29, 1.82) is 0 Å². The quantitative estimate of drug-likeness (QED) is 0.707. The Labute approximate surface area is 138 Å². The molecule has 3 aromatic rings. The van der Waals surface area contributed by atoms with Crippen molar-refractivity contribution < 1.29 is 4.79 Å². The van der Waals surface area contributed by atoms with Crippen LogP contribution in [0.1, 0.15) is 21.9 Å². The van der Waals surface area contributed by atoms with Crippen molar-refractivity contribution in [3.05, 3.63) is 82.3 Å². The molecule has 0 spiro atoms. The van der Waals surface area contributed by atoms with E-state index >= 15 is 0 Å². The SMILES string of the molecule is O=C(NCCc1nccn1Cc1ccccc1)c1ccc(=O)[nH]n1. The van der Waals surface area contributed by atoms with E-state index in [0.29, 0.717) is 13.0 Å². The Balaban J connectivity index is 1.56. The van der Waals surface area contributed by atoms with Crippen molar-refractivity contribution in [2.45, 2.75) is 13.0 Å². The summed E-state index contributed by atoms with van der Waals surface area (Å²) in [5.41, 5.74) is 1.04. The van der Waals surface area contributed by atoms with Crippen LogP contribution in [0.3, 0.4) is 0 Å². The first-order valence-electron chi connectivity index (χ1n) is 7.60. The molecule has 0 saturated carbocycles. The van der Waals surface area contributed by atoms with Gasteiger partial charge < -0.3 is 9.88 Å². The minimum atomic E-state index is -0.338. The summed E-state index contributed by atoms with van der Waals surface area (Å²) >= 11 is 0. The molecule has 7 nitrogen and oxygen atoms in total. The molecule has 1 aromatic carbocycles. The zero-order chi connectivity index (χ0) is 16.8. The molecule has 7 heteroatoms. The zero-order valence-electron chi connectivity index (χ0n) is 13.0. The topological polar surface area (TPSA) is 92.7 Å². The first kappa shape index (κ1) is 15.7. The maximum Gasteiger partial charge on any atom is 0.271 e. The summed E-state index contributed by atoms with van der Waals surface area (Å²) in [5.74, 6) is 0.570. The minimum Gasteiger partial charge on any atom is -0.350 e. The highest BCUT2D eigenvalue weighted by atomic mass is 16.2. The number of aromatic nitrogens is 4. The molecule has 0 aliphatic rings. The highest BCUT2D eigenvalue weighted by Gasteiger charge is 2.08. The number of rotatable bonds is 6. The first-order valence-corrected chi connectivity index (χ1v) is 7.60. The molecule has 2 aromatic heterocycles. The van der Waals surface area contributed by atoms with Gasteiger partial charge in [-0.3, -0.25) is 9.59 Å². The van der Waals surface area contributed by atoms with Gasteiger partial charge in [-0.2, -0.15) is 5.10 Å². The Hall–Kier alpha value is -3.22. The third-order valence-corrected chi connectivity index (χ3v) is 3.54. The summed E-state index contributed by atoms with van der Waals surface area (Å²) in [6.07, 6.45) is 4.28. The van der Waals surface area contributed by atoms with Crippen molar-refractivity contribution in [2.24, 2.45) is 0 Å². The standard InChI is InChI=1S/C17H17N5O2/c23-16-7-6-14(20-21-16)17(24)19-9-8-15-18-10-11-22(15)12-13-4-2-1-3-5-13/h1-7,10-11H,8-9,12H2,(H,19,24)(H,21,23). The Bertz CT molecular complexity index is 849. The number of nitrogens with one attached hydrogen (secondary N) is 2. The van der Waals surface area contributed by atoms with Crippen molar-refractivity contribution >= 4 is 5.91 Å². The molecule has 3 rings (SSSR count). The maximum atomic E-state index is 11.9. The molecular formula is C17H17N5O2. The Morgan fingerprint density at radius 3 is 2.75 bits per heavy atom. The predicted octanol–water partition coefficient (Wildman–Crippen LogP) is 0.987. The van der Waals surface area contributed by atoms with Crippen LogP contribution in [-0.2, 0) is 13.0 Å². The normalized spacial score (nSPS) is 10.5. The molecule has 0 aliphatic carbocycles. The lowest BCUT2D eigenvalue weighted by Gasteiger charge is -2.08. The molecule has 2 N–H and O–H groups in total. The second kappa shape index (κ2) is 7.36. The van der Waals surface area contributed by atoms with E-state index < -0.39 is 0 Å². The third-order valence-electron chi connectivity index (χ3n) is 3.54. The number of carbonyl (C=O) groups excluding carboxylic acids is 1. The molecule has 2 heterocycles. The van der Waals surface area contributed by atoms with Gasteiger partial charge in [0.05, 0.1) is 0 Å². The van der Waals surface area contributed by atoms with Gasteiger partial charge in [0.1, 0.15) is 11.5 Å². The van der Waals surface area contributed by atoms with Crippen LogP contribution in [0.5, 0.6) is 0 Å². The fourth-order valence-electron chi connectivity index (χ4n) is 2.34. The van der Waals surface area contributed by atoms with Gasteiger partial charge in [0.2, 0.25) is 0 Å². The van der Waals surface area contributed by atoms with Gasteiger partial charge in [0.15, 0.2) is 0 Å². The van der Waals surface area contributed by atoms with E-state index in [4.69, 9.17) is 0 Å². The number of imidazole rings is 1. The highest BCUT2D eigenvalue weighted by molar-refractivity contribution is 5.91. The van der Waals surface area contributed by atoms with Crippen molar-refractivity contribution in [3.63, 3.8) is 0 Å². The van der Waals surface area contributed by atoms with Crippen LogP contribution in [0.4, 0.5) is 0 Å². The van der Waals surface area contributed by atoms with Gasteiger partial charge in [-0.25, -0.2) is 10.1 Å². The van der Waals surface area contributed by atoms with E-state index in [-0.39, 0.29) is 17.2 Å². The molecule has 1 amide bonds. The van der Waals surface area contributed by atoms with Gasteiger partial charge >= 0.3 is 0 Å². The average molecular weight is 323 g/mol. The molecule has 0 atom stereocenters. The van der Waals surface area contributed by atoms with Crippen molar-refractivity contribution in [3.8, 4) is 0 Å². The van der Waals surface area contributed by atoms with E-state index in [1.807, 2.05) is 24.4 Å². The van der Waals surface area contributed by atoms with Crippen molar-refractivity contribution in [1.82, 2.24) is 25.1 Å². The van der Waals surface area contributed by atoms with Crippen molar-refractivity contribution in [2.75, 3.05) is 6.54 Å². The van der Waals surface area contributed by atoms with Crippen LogP contribution < -0.4 is 10.9 Å². The number of carbonyl (C=O) groups is 1. The largest absolute Gasteiger partial charge is 0.350 e. The van der Waals surface area contributed by atoms with Crippen LogP contribution in [-0.4, -0.2) is 32.2 Å². The Morgan fingerprint density at radius 2 is 2.00 bits per heavy atom. The van der Waals surface area contributed by atoms with Gasteiger partial charge in [0.25, 0.3) is 11.5 Å². The first-order chi connectivity index (χ1) is 11.7. The minimum absolute atomic E-state index is 0.183. The molecule has 122 valence electrons. The lowest BCUT2D eigenvalue weighted by Crippen LogP contribution is -2.28. The van der Waals surface area contributed by atoms with Crippen LogP contribution in [0, 0.1) is 0 Å². The average Bonchev–Trinajstić information content (AvgIpc) is 3.03. The second-order valence-electron chi connectivity index (χ2n) is 5.27. The number of hydrogen-bond acceptors (Lipinski definition) is 4. The summed E-state index contributed by atoms with van der Waals surface area (Å²) in [6.45, 7) is 1.18. The number of H-pyrrole nitrogens is 1. The lowest BCUT2D eigenvalue weighted by molar-refractivity contribution is 0.0948. The van der Waals surface area contributed by atoms with Gasteiger partial charge in [-0.05, 0) is 11.6 Å². The second-order valence-corrected chi connectivity index (χ2v) is 5.27. The van der Waals surface area contributed by atoms with Gasteiger partial charge in [0, 0.05) is 38.0 Å². The third kappa shape index (κ3) is 3.95. The Kier molecular flexibility index (Phi) is 4.81. The number of hydrogen-bond donors (Lipinski definition) is 2. The summed E-state index contributed by atoms with van der Waals surface area (Å²) < 4.78 is 2.06. The predicted molar refractivity (Wildman–Crippen MR) is 88.7 cm³/mol. The molecule has 0 fully saturated rings. The number of benzene rings is 1. The number of nitrogens with zero attached hydrogens (tertiary/aromatic N) is 3. The van der Waals surface area contributed by atoms with E-state index in [0.717, 1.165) is 12.4 Å². The fourth-order valence-corrected chi connectivity index (χ4v) is 2.34. The molecule has 0 unspecified atom stereocenters. The zero-order valence-corrected chi connectivity index (χ0v) is 13.0. The van der Waals surface area contributed by atoms with Gasteiger partial charge in [-0.15, -0.1) is 0 Å². The molecular weight excluding hydrogens is 306 g/mol. The molecule has 24 heavy (non-hydrogen) atoms. The number of amides is 1. The lowest BCUT2D eigenvalue weighted by atomic mass is 10.2. The summed E-state index contributed by atoms with van der Waals surface area (Å²) in [5, 5.41) is 8.71. The smallest absolute Gasteiger partial charge is 0.271 e. The highest BCUT2D eigenvalue weighted by Crippen LogP contribution is 2.05. The van der Waals surface area contributed by atoms with E-state index in [9.17, 15) is 9.59 Å². The van der Waals surface area contributed by atoms with E-state index in [1.54, 1.807) is 6.20 Å². The summed E-state index contributed by atoms with van der Waals surface area (Å²) in [4.78, 5) is 27.2. The molecule has 0 aliphatic heterocycles. The van der Waals surface area contributed by atoms with Crippen LogP contribution in [0.2, 0.25) is 0 Å². The monoisotopic (exact) mass is 323 g/mol. The molecule has 0 bridgehead atoms. The fraction of sp³-hybridized carbons (Fsp3) is 0.176. The van der Waals surface area contributed by atoms with E-state index in [1.165, 1.54) is 17.7 Å². The molecule has 0 radical (unpaired) electrons. The van der Waals surface area contributed by atoms with E-state index in [2.05, 4.69) is 37.2 Å². The summed E-state index contributed by atoms with van der Waals surface area (Å²) in [7, 11) is 0. The maximum absolute atomic E-state index is 11.9. The van der Waals surface area contributed by atoms with Crippen LogP contribution in [0.15, 0.2) is 59.7 Å². The van der Waals surface area contributed by atoms with Gasteiger partial charge in [-0.1, -0.05) is 30.3 Å². The summed E-state index contributed by atoms with van der Waals surface area (Å²) in [6, 6.07) is 12.8. The molecule has 0 saturated heterocycles. The number of aromatic amines is 1. The van der Waals surface area contributed by atoms with Crippen LogP contribution >= 0.6 is 0 Å². The Morgan fingerprint density at radius 1 is 1.17 bits per heavy atom. The van der Waals surface area contributed by atoms with Crippen LogP contribution in [0.25, 0.3) is 0 Å².